The first-order valence-electron chi connectivity index (χ1n) is 10.3. The molecule has 156 valence electrons. The van der Waals surface area contributed by atoms with Gasteiger partial charge in [-0.05, 0) is 62.6 Å². The molecule has 1 N–H and O–H groups in total. The lowest BCUT2D eigenvalue weighted by Crippen LogP contribution is -2.38. The van der Waals surface area contributed by atoms with Crippen LogP contribution in [-0.4, -0.2) is 39.4 Å². The van der Waals surface area contributed by atoms with Crippen LogP contribution in [-0.2, 0) is 11.3 Å². The Morgan fingerprint density at radius 3 is 2.50 bits per heavy atom. The molecule has 1 aliphatic rings. The SMILES string of the molecule is CC(NC(=O)c1ccc(Cl)cc1)c1nc2ccccc2n1CC(=O)N1CCCCC1. The summed E-state index contributed by atoms with van der Waals surface area (Å²) in [6.07, 6.45) is 3.28. The number of fused-ring (bicyclic) bond motifs is 1. The molecule has 1 fully saturated rings. The lowest BCUT2D eigenvalue weighted by molar-refractivity contribution is -0.132. The monoisotopic (exact) mass is 424 g/mol. The molecule has 0 saturated carbocycles. The highest BCUT2D eigenvalue weighted by atomic mass is 35.5. The van der Waals surface area contributed by atoms with Crippen molar-refractivity contribution >= 4 is 34.4 Å². The van der Waals surface area contributed by atoms with Crippen LogP contribution in [0.25, 0.3) is 11.0 Å². The highest BCUT2D eigenvalue weighted by Gasteiger charge is 2.23. The first-order chi connectivity index (χ1) is 14.5. The molecule has 6 nitrogen and oxygen atoms in total. The number of amides is 2. The van der Waals surface area contributed by atoms with Crippen molar-refractivity contribution in [3.63, 3.8) is 0 Å². The topological polar surface area (TPSA) is 67.2 Å². The molecule has 7 heteroatoms. The molecule has 4 rings (SSSR count). The van der Waals surface area contributed by atoms with Crippen LogP contribution in [0, 0.1) is 0 Å². The summed E-state index contributed by atoms with van der Waals surface area (Å²) in [7, 11) is 0. The zero-order chi connectivity index (χ0) is 21.1. The molecule has 30 heavy (non-hydrogen) atoms. The molecular formula is C23H25ClN4O2. The second-order valence-corrected chi connectivity index (χ2v) is 8.12. The van der Waals surface area contributed by atoms with Crippen LogP contribution in [0.5, 0.6) is 0 Å². The summed E-state index contributed by atoms with van der Waals surface area (Å²) in [5.74, 6) is 0.555. The van der Waals surface area contributed by atoms with E-state index in [0.717, 1.165) is 37.0 Å². The number of nitrogens with one attached hydrogen (secondary N) is 1. The third-order valence-corrected chi connectivity index (χ3v) is 5.78. The number of hydrogen-bond acceptors (Lipinski definition) is 3. The van der Waals surface area contributed by atoms with Gasteiger partial charge in [-0.2, -0.15) is 0 Å². The summed E-state index contributed by atoms with van der Waals surface area (Å²) in [6.45, 7) is 3.72. The summed E-state index contributed by atoms with van der Waals surface area (Å²) in [6, 6.07) is 14.1. The molecule has 0 bridgehead atoms. The van der Waals surface area contributed by atoms with Gasteiger partial charge in [0.1, 0.15) is 12.4 Å². The van der Waals surface area contributed by atoms with Crippen LogP contribution in [0.15, 0.2) is 48.5 Å². The van der Waals surface area contributed by atoms with E-state index in [4.69, 9.17) is 16.6 Å². The van der Waals surface area contributed by atoms with Gasteiger partial charge in [0.05, 0.1) is 17.1 Å². The number of likely N-dealkylation sites (tertiary alicyclic amines) is 1. The number of halogens is 1. The summed E-state index contributed by atoms with van der Waals surface area (Å²) < 4.78 is 1.93. The molecule has 0 spiro atoms. The summed E-state index contributed by atoms with van der Waals surface area (Å²) in [5.41, 5.74) is 2.23. The van der Waals surface area contributed by atoms with Crippen LogP contribution < -0.4 is 5.32 Å². The number of aromatic nitrogens is 2. The molecule has 2 amide bonds. The van der Waals surface area contributed by atoms with Crippen molar-refractivity contribution in [2.75, 3.05) is 13.1 Å². The van der Waals surface area contributed by atoms with E-state index >= 15 is 0 Å². The van der Waals surface area contributed by atoms with E-state index in [9.17, 15) is 9.59 Å². The Labute approximate surface area is 180 Å². The fraction of sp³-hybridized carbons (Fsp3) is 0.348. The molecular weight excluding hydrogens is 400 g/mol. The van der Waals surface area contributed by atoms with Crippen LogP contribution >= 0.6 is 11.6 Å². The Kier molecular flexibility index (Phi) is 6.04. The van der Waals surface area contributed by atoms with Crippen LogP contribution in [0.2, 0.25) is 5.02 Å². The number of carbonyl (C=O) groups excluding carboxylic acids is 2. The van der Waals surface area contributed by atoms with Gasteiger partial charge in [0, 0.05) is 23.7 Å². The van der Waals surface area contributed by atoms with Crippen LogP contribution in [0.3, 0.4) is 0 Å². The second-order valence-electron chi connectivity index (χ2n) is 7.69. The van der Waals surface area contributed by atoms with Crippen molar-refractivity contribution in [3.8, 4) is 0 Å². The number of carbonyl (C=O) groups is 2. The summed E-state index contributed by atoms with van der Waals surface area (Å²) in [4.78, 5) is 32.3. The lowest BCUT2D eigenvalue weighted by atomic mass is 10.1. The Balaban J connectivity index is 1.59. The van der Waals surface area contributed by atoms with Gasteiger partial charge >= 0.3 is 0 Å². The maximum absolute atomic E-state index is 12.9. The van der Waals surface area contributed by atoms with E-state index < -0.39 is 0 Å². The van der Waals surface area contributed by atoms with E-state index in [-0.39, 0.29) is 24.4 Å². The number of nitrogens with zero attached hydrogens (tertiary/aromatic N) is 3. The normalized spacial score (nSPS) is 15.2. The summed E-state index contributed by atoms with van der Waals surface area (Å²) in [5, 5.41) is 3.58. The predicted octanol–water partition coefficient (Wildman–Crippen LogP) is 4.19. The maximum Gasteiger partial charge on any atom is 0.251 e. The van der Waals surface area contributed by atoms with Gasteiger partial charge in [-0.1, -0.05) is 23.7 Å². The first kappa shape index (κ1) is 20.4. The third-order valence-electron chi connectivity index (χ3n) is 5.53. The van der Waals surface area contributed by atoms with Gasteiger partial charge in [0.25, 0.3) is 5.91 Å². The Bertz CT molecular complexity index is 1050. The van der Waals surface area contributed by atoms with Gasteiger partial charge in [-0.3, -0.25) is 9.59 Å². The lowest BCUT2D eigenvalue weighted by Gasteiger charge is -2.27. The smallest absolute Gasteiger partial charge is 0.251 e. The molecule has 1 aromatic heterocycles. The molecule has 2 aromatic carbocycles. The maximum atomic E-state index is 12.9. The molecule has 2 heterocycles. The van der Waals surface area contributed by atoms with Gasteiger partial charge < -0.3 is 14.8 Å². The van der Waals surface area contributed by atoms with Crippen molar-refractivity contribution in [3.05, 3.63) is 64.9 Å². The molecule has 0 aliphatic carbocycles. The minimum absolute atomic E-state index is 0.0929. The molecule has 0 radical (unpaired) electrons. The molecule has 1 saturated heterocycles. The van der Waals surface area contributed by atoms with Crippen LogP contribution in [0.4, 0.5) is 0 Å². The molecule has 3 aromatic rings. The fourth-order valence-corrected chi connectivity index (χ4v) is 4.04. The van der Waals surface area contributed by atoms with Crippen molar-refractivity contribution in [1.29, 1.82) is 0 Å². The van der Waals surface area contributed by atoms with E-state index in [2.05, 4.69) is 5.32 Å². The Morgan fingerprint density at radius 1 is 1.07 bits per heavy atom. The van der Waals surface area contributed by atoms with E-state index in [0.29, 0.717) is 16.4 Å². The second kappa shape index (κ2) is 8.88. The highest BCUT2D eigenvalue weighted by Crippen LogP contribution is 2.22. The van der Waals surface area contributed by atoms with Crippen molar-refractivity contribution in [2.45, 2.75) is 38.8 Å². The van der Waals surface area contributed by atoms with Gasteiger partial charge in [-0.15, -0.1) is 0 Å². The minimum atomic E-state index is -0.366. The van der Waals surface area contributed by atoms with Gasteiger partial charge in [0.15, 0.2) is 0 Å². The van der Waals surface area contributed by atoms with Gasteiger partial charge in [-0.25, -0.2) is 4.98 Å². The number of benzene rings is 2. The number of imidazole rings is 1. The quantitative estimate of drug-likeness (QED) is 0.667. The Hall–Kier alpha value is -2.86. The number of piperidine rings is 1. The van der Waals surface area contributed by atoms with Crippen molar-refractivity contribution in [1.82, 2.24) is 19.8 Å². The average molecular weight is 425 g/mol. The average Bonchev–Trinajstić information content (AvgIpc) is 3.13. The molecule has 1 aliphatic heterocycles. The largest absolute Gasteiger partial charge is 0.342 e. The van der Waals surface area contributed by atoms with E-state index in [1.807, 2.05) is 40.7 Å². The first-order valence-corrected chi connectivity index (χ1v) is 10.7. The van der Waals surface area contributed by atoms with Gasteiger partial charge in [0.2, 0.25) is 5.91 Å². The summed E-state index contributed by atoms with van der Waals surface area (Å²) >= 11 is 5.92. The number of para-hydroxylation sites is 2. The standard InChI is InChI=1S/C23H25ClN4O2/c1-16(25-23(30)17-9-11-18(24)12-10-17)22-26-19-7-3-4-8-20(19)28(22)15-21(29)27-13-5-2-6-14-27/h3-4,7-12,16H,2,5-6,13-15H2,1H3,(H,25,30). The zero-order valence-corrected chi connectivity index (χ0v) is 17.7. The molecule has 1 unspecified atom stereocenters. The van der Waals surface area contributed by atoms with Crippen LogP contribution in [0.1, 0.15) is 48.4 Å². The van der Waals surface area contributed by atoms with Crippen molar-refractivity contribution in [2.24, 2.45) is 0 Å². The third kappa shape index (κ3) is 4.33. The van der Waals surface area contributed by atoms with Crippen molar-refractivity contribution < 1.29 is 9.59 Å². The van der Waals surface area contributed by atoms with E-state index in [1.54, 1.807) is 24.3 Å². The van der Waals surface area contributed by atoms with E-state index in [1.165, 1.54) is 6.42 Å². The zero-order valence-electron chi connectivity index (χ0n) is 17.0. The minimum Gasteiger partial charge on any atom is -0.342 e. The number of rotatable bonds is 5. The Morgan fingerprint density at radius 2 is 1.77 bits per heavy atom. The molecule has 1 atom stereocenters. The predicted molar refractivity (Wildman–Crippen MR) is 117 cm³/mol. The number of hydrogen-bond donors (Lipinski definition) is 1. The fourth-order valence-electron chi connectivity index (χ4n) is 3.92. The highest BCUT2D eigenvalue weighted by molar-refractivity contribution is 6.30.